The molecule has 3 rings (SSSR count). The molecule has 0 fully saturated rings. The first-order chi connectivity index (χ1) is 13.6. The number of aromatic nitrogens is 1. The van der Waals surface area contributed by atoms with Crippen LogP contribution in [0.1, 0.15) is 20.3 Å². The van der Waals surface area contributed by atoms with Gasteiger partial charge in [0.2, 0.25) is 0 Å². The monoisotopic (exact) mass is 355 g/mol. The lowest BCUT2D eigenvalue weighted by atomic mass is 10.1. The first-order valence-corrected chi connectivity index (χ1v) is 7.52. The molecule has 0 saturated heterocycles. The van der Waals surface area contributed by atoms with E-state index in [9.17, 15) is 14.7 Å². The summed E-state index contributed by atoms with van der Waals surface area (Å²) in [5, 5.41) is 21.7. The molecular formula is C19H16N2O5. The number of carboxylic acid groups (broad SMARTS) is 1. The molecule has 1 heterocycles. The van der Waals surface area contributed by atoms with E-state index in [-0.39, 0.29) is 11.4 Å². The van der Waals surface area contributed by atoms with Crippen LogP contribution < -0.4 is 10.1 Å². The van der Waals surface area contributed by atoms with Crippen molar-refractivity contribution in [3.05, 3.63) is 59.9 Å². The van der Waals surface area contributed by atoms with E-state index in [1.165, 1.54) is 12.1 Å². The summed E-state index contributed by atoms with van der Waals surface area (Å²) in [7, 11) is 0. The molecule has 2 aromatic carbocycles. The van der Waals surface area contributed by atoms with E-state index in [2.05, 4.69) is 4.98 Å². The van der Waals surface area contributed by atoms with Gasteiger partial charge in [0.05, 0.1) is 4.11 Å². The Morgan fingerprint density at radius 1 is 1.23 bits per heavy atom. The smallest absolute Gasteiger partial charge is 0.322 e. The van der Waals surface area contributed by atoms with Crippen LogP contribution in [-0.2, 0) is 4.79 Å². The zero-order valence-electron chi connectivity index (χ0n) is 16.6. The summed E-state index contributed by atoms with van der Waals surface area (Å²) in [5.41, 5.74) is -0.144. The van der Waals surface area contributed by atoms with Crippen LogP contribution in [-0.4, -0.2) is 33.6 Å². The minimum absolute atomic E-state index is 0.264. The van der Waals surface area contributed by atoms with E-state index in [4.69, 9.17) is 14.0 Å². The van der Waals surface area contributed by atoms with Crippen molar-refractivity contribution in [2.24, 2.45) is 0 Å². The maximum atomic E-state index is 12.2. The molecule has 0 radical (unpaired) electrons. The molecule has 0 spiro atoms. The van der Waals surface area contributed by atoms with Crippen molar-refractivity contribution in [2.75, 3.05) is 6.50 Å². The lowest BCUT2D eigenvalue weighted by Gasteiger charge is -2.12. The number of nitrogens with zero attached hydrogens (tertiary/aromatic N) is 1. The fourth-order valence-corrected chi connectivity index (χ4v) is 2.41. The molecule has 1 amide bonds. The Morgan fingerprint density at radius 2 is 2.04 bits per heavy atom. The van der Waals surface area contributed by atoms with Crippen LogP contribution in [0.3, 0.4) is 0 Å². The fourth-order valence-electron chi connectivity index (χ4n) is 2.41. The van der Waals surface area contributed by atoms with Gasteiger partial charge in [-0.3, -0.25) is 9.59 Å². The number of rotatable bonds is 5. The van der Waals surface area contributed by atoms with Crippen molar-refractivity contribution >= 4 is 22.6 Å². The van der Waals surface area contributed by atoms with E-state index < -0.39 is 29.8 Å². The highest BCUT2D eigenvalue weighted by Crippen LogP contribution is 2.33. The number of para-hydroxylation sites is 1. The summed E-state index contributed by atoms with van der Waals surface area (Å²) in [5.74, 6) is -2.66. The van der Waals surface area contributed by atoms with Crippen LogP contribution in [0.2, 0.25) is 0 Å². The Bertz CT molecular complexity index is 1130. The minimum atomic E-state index is -3.02. The summed E-state index contributed by atoms with van der Waals surface area (Å²) >= 11 is 0. The highest BCUT2D eigenvalue weighted by molar-refractivity contribution is 6.03. The van der Waals surface area contributed by atoms with Gasteiger partial charge in [-0.15, -0.1) is 0 Å². The highest BCUT2D eigenvalue weighted by atomic mass is 16.5. The molecule has 0 saturated carbocycles. The molecule has 0 atom stereocenters. The van der Waals surface area contributed by atoms with Gasteiger partial charge >= 0.3 is 5.97 Å². The quantitative estimate of drug-likeness (QED) is 0.649. The molecule has 0 aliphatic heterocycles. The molecule has 26 heavy (non-hydrogen) atoms. The number of aliphatic carboxylic acids is 1. The number of fused-ring (bicyclic) bond motifs is 1. The number of ether oxygens (including phenoxy) is 1. The zero-order valence-corrected chi connectivity index (χ0v) is 13.6. The second kappa shape index (κ2) is 7.10. The Morgan fingerprint density at radius 3 is 2.77 bits per heavy atom. The first kappa shape index (κ1) is 13.7. The third-order valence-electron chi connectivity index (χ3n) is 3.55. The van der Waals surface area contributed by atoms with Crippen LogP contribution in [0.4, 0.5) is 0 Å². The summed E-state index contributed by atoms with van der Waals surface area (Å²) in [6, 6.07) is 11.5. The normalized spacial score (nSPS) is 12.7. The van der Waals surface area contributed by atoms with Crippen molar-refractivity contribution in [3.8, 4) is 17.2 Å². The fraction of sp³-hybridized carbons (Fsp3) is 0.105. The number of hydrogen-bond acceptors (Lipinski definition) is 5. The molecule has 7 nitrogen and oxygen atoms in total. The van der Waals surface area contributed by atoms with Gasteiger partial charge in [-0.2, -0.15) is 0 Å². The second-order valence-corrected chi connectivity index (χ2v) is 5.33. The van der Waals surface area contributed by atoms with E-state index in [1.807, 2.05) is 0 Å². The first-order valence-electron chi connectivity index (χ1n) is 9.02. The SMILES string of the molecule is [2H]c1cccc(Oc2ccc3c(O)c(C(=O)NC([2H])([2H])C(=O)O)nc(C)c3c2)c1. The number of amides is 1. The third-order valence-corrected chi connectivity index (χ3v) is 3.55. The van der Waals surface area contributed by atoms with Crippen LogP contribution in [0.15, 0.2) is 48.5 Å². The molecule has 0 aliphatic carbocycles. The average molecular weight is 355 g/mol. The predicted molar refractivity (Wildman–Crippen MR) is 94.6 cm³/mol. The number of carbonyl (C=O) groups is 2. The van der Waals surface area contributed by atoms with Crippen LogP contribution in [0, 0.1) is 6.92 Å². The summed E-state index contributed by atoms with van der Waals surface area (Å²) in [6.45, 7) is -1.43. The zero-order chi connectivity index (χ0) is 21.3. The number of carbonyl (C=O) groups excluding carboxylic acids is 1. The number of benzene rings is 2. The van der Waals surface area contributed by atoms with Crippen molar-refractivity contribution < 1.29 is 28.7 Å². The minimum Gasteiger partial charge on any atom is -0.505 e. The molecule has 0 bridgehead atoms. The molecule has 0 unspecified atom stereocenters. The van der Waals surface area contributed by atoms with E-state index in [0.717, 1.165) is 0 Å². The molecule has 0 aliphatic rings. The van der Waals surface area contributed by atoms with Gasteiger partial charge in [0.1, 0.15) is 18.0 Å². The lowest BCUT2D eigenvalue weighted by Crippen LogP contribution is -2.30. The molecule has 132 valence electrons. The van der Waals surface area contributed by atoms with Crippen molar-refractivity contribution in [2.45, 2.75) is 6.92 Å². The van der Waals surface area contributed by atoms with Crippen molar-refractivity contribution in [1.29, 1.82) is 0 Å². The Labute approximate surface area is 153 Å². The maximum Gasteiger partial charge on any atom is 0.322 e. The Hall–Kier alpha value is -3.61. The lowest BCUT2D eigenvalue weighted by molar-refractivity contribution is -0.135. The van der Waals surface area contributed by atoms with Gasteiger partial charge in [0, 0.05) is 16.5 Å². The predicted octanol–water partition coefficient (Wildman–Crippen LogP) is 2.86. The number of pyridine rings is 1. The van der Waals surface area contributed by atoms with Gasteiger partial charge in [0.25, 0.3) is 5.91 Å². The number of aromatic hydroxyl groups is 1. The number of carboxylic acids is 1. The number of nitrogens with one attached hydrogen (secondary N) is 1. The van der Waals surface area contributed by atoms with Gasteiger partial charge in [-0.25, -0.2) is 4.98 Å². The summed E-state index contributed by atoms with van der Waals surface area (Å²) in [4.78, 5) is 27.1. The second-order valence-electron chi connectivity index (χ2n) is 5.33. The van der Waals surface area contributed by atoms with Crippen molar-refractivity contribution in [3.63, 3.8) is 0 Å². The average Bonchev–Trinajstić information content (AvgIpc) is 2.64. The van der Waals surface area contributed by atoms with Gasteiger partial charge in [-0.05, 0) is 37.3 Å². The van der Waals surface area contributed by atoms with Crippen LogP contribution in [0.5, 0.6) is 17.2 Å². The van der Waals surface area contributed by atoms with Crippen molar-refractivity contribution in [1.82, 2.24) is 10.3 Å². The highest BCUT2D eigenvalue weighted by Gasteiger charge is 2.18. The topological polar surface area (TPSA) is 109 Å². The molecule has 3 N–H and O–H groups in total. The van der Waals surface area contributed by atoms with Crippen LogP contribution in [0.25, 0.3) is 10.8 Å². The summed E-state index contributed by atoms with van der Waals surface area (Å²) < 4.78 is 27.9. The third kappa shape index (κ3) is 3.56. The van der Waals surface area contributed by atoms with Gasteiger partial charge < -0.3 is 20.3 Å². The van der Waals surface area contributed by atoms with Gasteiger partial charge in [0.15, 0.2) is 11.4 Å². The summed E-state index contributed by atoms with van der Waals surface area (Å²) in [6.07, 6.45) is 0. The van der Waals surface area contributed by atoms with E-state index >= 15 is 0 Å². The molecular weight excluding hydrogens is 336 g/mol. The Balaban J connectivity index is 1.97. The molecule has 1 aromatic heterocycles. The number of aryl methyl sites for hydroxylation is 1. The Kier molecular flexibility index (Phi) is 3.73. The molecule has 7 heteroatoms. The van der Waals surface area contributed by atoms with E-state index in [1.54, 1.807) is 42.6 Å². The molecule has 3 aromatic rings. The maximum absolute atomic E-state index is 12.2. The number of hydrogen-bond donors (Lipinski definition) is 3. The van der Waals surface area contributed by atoms with E-state index in [0.29, 0.717) is 22.6 Å². The standard InChI is InChI=1S/C19H16N2O5/c1-11-15-9-13(26-12-5-3-2-4-6-12)7-8-14(15)18(24)17(21-11)19(25)20-10-16(22)23/h2-9,24H,10H2,1H3,(H,20,25)(H,22,23)/i3D,10D2. The largest absolute Gasteiger partial charge is 0.505 e. The van der Waals surface area contributed by atoms with Gasteiger partial charge in [-0.1, -0.05) is 18.2 Å². The van der Waals surface area contributed by atoms with Crippen LogP contribution >= 0.6 is 0 Å².